The molecule has 1 saturated heterocycles. The lowest BCUT2D eigenvalue weighted by Gasteiger charge is -2.40. The fourth-order valence-corrected chi connectivity index (χ4v) is 5.26. The number of pyridine rings is 1. The summed E-state index contributed by atoms with van der Waals surface area (Å²) in [6, 6.07) is 2.60. The number of hydrogen-bond acceptors (Lipinski definition) is 9. The number of nitrogens with zero attached hydrogens (tertiary/aromatic N) is 3. The molecule has 3 heterocycles. The molecule has 0 saturated carbocycles. The number of thioether (sulfide) groups is 1. The number of anilines is 1. The standard InChI is InChI=1S/C28H40F4N6O4S/c1-27(2,3)42-26(39)34-11-5-7-22-25(43-28(30,31)32)38-12-6-8-21(24(38)36-22)35-23-19(17-37(4)18-20(23)29)9-13-40-15-16-41-14-10-33/h6,8,12,19-20,23,35H,9-11,13-18,33H2,1-4H3,(H,34,39). The highest BCUT2D eigenvalue weighted by Gasteiger charge is 2.37. The number of alkyl halides is 4. The van der Waals surface area contributed by atoms with Crippen molar-refractivity contribution in [2.45, 2.75) is 55.5 Å². The minimum absolute atomic E-state index is 0.121. The van der Waals surface area contributed by atoms with Gasteiger partial charge in [-0.25, -0.2) is 14.2 Å². The SMILES string of the molecule is CN1CC(F)C(Nc2cccn3c(SC(F)(F)F)c(C#CCNC(=O)OC(C)(C)C)nc23)C(CCOCCOCCN)C1. The predicted octanol–water partition coefficient (Wildman–Crippen LogP) is 3.88. The van der Waals surface area contributed by atoms with Crippen molar-refractivity contribution in [1.82, 2.24) is 19.6 Å². The summed E-state index contributed by atoms with van der Waals surface area (Å²) in [5, 5.41) is 5.44. The Hall–Kier alpha value is -2.77. The number of fused-ring (bicyclic) bond motifs is 1. The van der Waals surface area contributed by atoms with Gasteiger partial charge in [-0.3, -0.25) is 4.40 Å². The van der Waals surface area contributed by atoms with E-state index in [4.69, 9.17) is 19.9 Å². The van der Waals surface area contributed by atoms with Gasteiger partial charge in [0.1, 0.15) is 22.5 Å². The van der Waals surface area contributed by atoms with Crippen LogP contribution in [0.3, 0.4) is 0 Å². The molecule has 1 aliphatic rings. The van der Waals surface area contributed by atoms with E-state index in [0.29, 0.717) is 51.6 Å². The maximum Gasteiger partial charge on any atom is 0.447 e. The van der Waals surface area contributed by atoms with E-state index in [2.05, 4.69) is 27.5 Å². The first-order valence-electron chi connectivity index (χ1n) is 13.9. The van der Waals surface area contributed by atoms with Gasteiger partial charge >= 0.3 is 11.6 Å². The summed E-state index contributed by atoms with van der Waals surface area (Å²) < 4.78 is 73.4. The lowest BCUT2D eigenvalue weighted by atomic mass is 9.88. The van der Waals surface area contributed by atoms with E-state index in [1.807, 2.05) is 11.9 Å². The molecule has 240 valence electrons. The van der Waals surface area contributed by atoms with Crippen LogP contribution in [0, 0.1) is 17.8 Å². The summed E-state index contributed by atoms with van der Waals surface area (Å²) in [6.07, 6.45) is 0.0692. The number of nitrogens with two attached hydrogens (primary N) is 1. The van der Waals surface area contributed by atoms with Gasteiger partial charge in [0.2, 0.25) is 0 Å². The molecular weight excluding hydrogens is 592 g/mol. The first-order valence-corrected chi connectivity index (χ1v) is 14.8. The van der Waals surface area contributed by atoms with Crippen LogP contribution in [0.25, 0.3) is 5.65 Å². The van der Waals surface area contributed by atoms with Crippen molar-refractivity contribution in [1.29, 1.82) is 0 Å². The first-order chi connectivity index (χ1) is 20.3. The molecule has 15 heteroatoms. The van der Waals surface area contributed by atoms with E-state index >= 15 is 4.39 Å². The third-order valence-corrected chi connectivity index (χ3v) is 7.08. The van der Waals surface area contributed by atoms with Crippen LogP contribution in [0.2, 0.25) is 0 Å². The maximum absolute atomic E-state index is 15.4. The maximum atomic E-state index is 15.4. The van der Waals surface area contributed by atoms with Crippen molar-refractivity contribution in [2.75, 3.05) is 65.0 Å². The Morgan fingerprint density at radius 2 is 1.91 bits per heavy atom. The summed E-state index contributed by atoms with van der Waals surface area (Å²) in [6.45, 7) is 7.85. The molecule has 3 atom stereocenters. The zero-order valence-electron chi connectivity index (χ0n) is 24.8. The normalized spacial score (nSPS) is 19.6. The van der Waals surface area contributed by atoms with Gasteiger partial charge in [0.25, 0.3) is 0 Å². The quantitative estimate of drug-likeness (QED) is 0.139. The number of carbonyl (C=O) groups is 1. The Kier molecular flexibility index (Phi) is 12.8. The molecule has 0 aromatic carbocycles. The number of rotatable bonds is 12. The van der Waals surface area contributed by atoms with Crippen LogP contribution in [-0.2, 0) is 14.2 Å². The van der Waals surface area contributed by atoms with Gasteiger partial charge in [0, 0.05) is 44.2 Å². The Bertz CT molecular complexity index is 1260. The van der Waals surface area contributed by atoms with Gasteiger partial charge in [0.15, 0.2) is 5.65 Å². The van der Waals surface area contributed by atoms with E-state index in [1.54, 1.807) is 32.9 Å². The molecule has 1 fully saturated rings. The molecule has 3 unspecified atom stereocenters. The molecule has 0 aliphatic carbocycles. The average Bonchev–Trinajstić information content (AvgIpc) is 3.23. The second kappa shape index (κ2) is 15.8. The Labute approximate surface area is 253 Å². The zero-order chi connectivity index (χ0) is 31.6. The van der Waals surface area contributed by atoms with Crippen molar-refractivity contribution in [2.24, 2.45) is 11.7 Å². The van der Waals surface area contributed by atoms with Crippen molar-refractivity contribution < 1.29 is 36.6 Å². The van der Waals surface area contributed by atoms with E-state index in [-0.39, 0.29) is 47.1 Å². The van der Waals surface area contributed by atoms with E-state index in [9.17, 15) is 18.0 Å². The minimum atomic E-state index is -4.61. The molecule has 1 amide bonds. The van der Waals surface area contributed by atoms with E-state index < -0.39 is 29.4 Å². The fraction of sp³-hybridized carbons (Fsp3) is 0.643. The van der Waals surface area contributed by atoms with Crippen LogP contribution in [0.1, 0.15) is 32.9 Å². The summed E-state index contributed by atoms with van der Waals surface area (Å²) in [4.78, 5) is 18.2. The average molecular weight is 633 g/mol. The molecule has 2 aromatic heterocycles. The van der Waals surface area contributed by atoms with Crippen LogP contribution in [-0.4, -0.2) is 103 Å². The molecule has 43 heavy (non-hydrogen) atoms. The van der Waals surface area contributed by atoms with Crippen molar-refractivity contribution in [3.8, 4) is 11.8 Å². The molecular formula is C28H40F4N6O4S. The molecule has 2 aromatic rings. The molecule has 1 aliphatic heterocycles. The third kappa shape index (κ3) is 11.3. The molecule has 3 rings (SSSR count). The summed E-state index contributed by atoms with van der Waals surface area (Å²) >= 11 is -0.344. The van der Waals surface area contributed by atoms with Crippen LogP contribution >= 0.6 is 11.8 Å². The molecule has 0 radical (unpaired) electrons. The second-order valence-corrected chi connectivity index (χ2v) is 12.1. The topological polar surface area (TPSA) is 115 Å². The van der Waals surface area contributed by atoms with Gasteiger partial charge in [0.05, 0.1) is 38.1 Å². The Balaban J connectivity index is 1.81. The van der Waals surface area contributed by atoms with Crippen molar-refractivity contribution in [3.63, 3.8) is 0 Å². The highest BCUT2D eigenvalue weighted by atomic mass is 32.2. The lowest BCUT2D eigenvalue weighted by molar-refractivity contribution is -0.0330. The monoisotopic (exact) mass is 632 g/mol. The van der Waals surface area contributed by atoms with Gasteiger partial charge in [-0.15, -0.1) is 0 Å². The number of aromatic nitrogens is 2. The van der Waals surface area contributed by atoms with Gasteiger partial charge in [-0.2, -0.15) is 13.2 Å². The molecule has 4 N–H and O–H groups in total. The third-order valence-electron chi connectivity index (χ3n) is 6.26. The van der Waals surface area contributed by atoms with Crippen LogP contribution in [0.4, 0.5) is 28.0 Å². The first kappa shape index (κ1) is 34.7. The number of nitrogens with one attached hydrogen (secondary N) is 2. The Morgan fingerprint density at radius 1 is 1.19 bits per heavy atom. The van der Waals surface area contributed by atoms with E-state index in [1.165, 1.54) is 10.6 Å². The van der Waals surface area contributed by atoms with Gasteiger partial charge in [-0.1, -0.05) is 5.92 Å². The fourth-order valence-electron chi connectivity index (χ4n) is 4.60. The second-order valence-electron chi connectivity index (χ2n) is 11.1. The summed E-state index contributed by atoms with van der Waals surface area (Å²) in [5.41, 5.74) is 0.519. The van der Waals surface area contributed by atoms with Gasteiger partial charge in [-0.05, 0) is 58.2 Å². The molecule has 0 spiro atoms. The lowest BCUT2D eigenvalue weighted by Crippen LogP contribution is -2.53. The zero-order valence-corrected chi connectivity index (χ0v) is 25.6. The predicted molar refractivity (Wildman–Crippen MR) is 157 cm³/mol. The van der Waals surface area contributed by atoms with Crippen LogP contribution < -0.4 is 16.4 Å². The van der Waals surface area contributed by atoms with Crippen molar-refractivity contribution >= 4 is 29.2 Å². The molecule has 0 bridgehead atoms. The number of halogens is 4. The highest BCUT2D eigenvalue weighted by molar-refractivity contribution is 8.00. The smallest absolute Gasteiger partial charge is 0.444 e. The summed E-state index contributed by atoms with van der Waals surface area (Å²) in [5.74, 6) is 5.13. The number of hydrogen-bond donors (Lipinski definition) is 3. The number of carbonyl (C=O) groups excluding carboxylic acids is 1. The molecule has 10 nitrogen and oxygen atoms in total. The van der Waals surface area contributed by atoms with E-state index in [0.717, 1.165) is 0 Å². The van der Waals surface area contributed by atoms with Crippen LogP contribution in [0.5, 0.6) is 0 Å². The number of piperidine rings is 1. The van der Waals surface area contributed by atoms with Crippen molar-refractivity contribution in [3.05, 3.63) is 24.0 Å². The van der Waals surface area contributed by atoms with Crippen LogP contribution in [0.15, 0.2) is 23.4 Å². The Morgan fingerprint density at radius 3 is 2.58 bits per heavy atom. The number of alkyl carbamates (subject to hydrolysis) is 1. The number of likely N-dealkylation sites (tertiary alicyclic amines) is 1. The number of imidazole rings is 1. The number of ether oxygens (including phenoxy) is 3. The van der Waals surface area contributed by atoms with Gasteiger partial charge < -0.3 is 35.5 Å². The summed E-state index contributed by atoms with van der Waals surface area (Å²) in [7, 11) is 1.84. The minimum Gasteiger partial charge on any atom is -0.444 e. The largest absolute Gasteiger partial charge is 0.447 e. The highest BCUT2D eigenvalue weighted by Crippen LogP contribution is 2.40. The number of amides is 1.